The highest BCUT2D eigenvalue weighted by Crippen LogP contribution is 2.52. The predicted octanol–water partition coefficient (Wildman–Crippen LogP) is 1.84. The van der Waals surface area contributed by atoms with Crippen LogP contribution in [0, 0.1) is 23.7 Å². The van der Waals surface area contributed by atoms with Crippen LogP contribution in [0.2, 0.25) is 0 Å². The molecule has 4 aliphatic rings. The molecule has 4 atom stereocenters. The molecule has 8 heteroatoms. The average Bonchev–Trinajstić information content (AvgIpc) is 3.42. The maximum Gasteiger partial charge on any atom is 0.233 e. The van der Waals surface area contributed by atoms with Crippen LogP contribution < -0.4 is 10.6 Å². The minimum absolute atomic E-state index is 0. The van der Waals surface area contributed by atoms with E-state index in [1.807, 2.05) is 0 Å². The highest BCUT2D eigenvalue weighted by Gasteiger charge is 2.58. The lowest BCUT2D eigenvalue weighted by Gasteiger charge is -2.31. The summed E-state index contributed by atoms with van der Waals surface area (Å²) in [5.41, 5.74) is 0. The predicted molar refractivity (Wildman–Crippen MR) is 129 cm³/mol. The summed E-state index contributed by atoms with van der Waals surface area (Å²) < 4.78 is 0. The first-order valence-corrected chi connectivity index (χ1v) is 11.3. The summed E-state index contributed by atoms with van der Waals surface area (Å²) in [4.78, 5) is 33.6. The average molecular weight is 529 g/mol. The van der Waals surface area contributed by atoms with Gasteiger partial charge < -0.3 is 15.5 Å². The maximum atomic E-state index is 12.7. The smallest absolute Gasteiger partial charge is 0.233 e. The highest BCUT2D eigenvalue weighted by atomic mass is 127. The molecule has 1 saturated heterocycles. The van der Waals surface area contributed by atoms with Gasteiger partial charge in [0.1, 0.15) is 0 Å². The molecule has 1 aliphatic heterocycles. The number of hydrogen-bond donors (Lipinski definition) is 2. The molecule has 1 heterocycles. The van der Waals surface area contributed by atoms with Gasteiger partial charge in [-0.25, -0.2) is 0 Å². The van der Waals surface area contributed by atoms with E-state index in [9.17, 15) is 9.59 Å². The first-order valence-electron chi connectivity index (χ1n) is 11.3. The fraction of sp³-hybridized carbons (Fsp3) is 0.773. The topological polar surface area (TPSA) is 77.0 Å². The number of likely N-dealkylation sites (tertiary alicyclic amines) is 1. The second-order valence-electron chi connectivity index (χ2n) is 9.03. The van der Waals surface area contributed by atoms with Crippen molar-refractivity contribution < 1.29 is 9.59 Å². The molecule has 4 unspecified atom stereocenters. The Labute approximate surface area is 197 Å². The zero-order valence-electron chi connectivity index (χ0n) is 18.2. The third-order valence-corrected chi connectivity index (χ3v) is 7.37. The molecule has 0 aromatic rings. The summed E-state index contributed by atoms with van der Waals surface area (Å²) in [6.45, 7) is 2.74. The van der Waals surface area contributed by atoms with Crippen molar-refractivity contribution >= 4 is 41.8 Å². The Hall–Kier alpha value is -1.16. The van der Waals surface area contributed by atoms with Crippen LogP contribution in [-0.4, -0.2) is 73.9 Å². The van der Waals surface area contributed by atoms with Gasteiger partial charge in [0.15, 0.2) is 5.96 Å². The molecule has 30 heavy (non-hydrogen) atoms. The lowest BCUT2D eigenvalue weighted by atomic mass is 9.85. The van der Waals surface area contributed by atoms with Crippen LogP contribution in [0.3, 0.4) is 0 Å². The zero-order chi connectivity index (χ0) is 20.4. The van der Waals surface area contributed by atoms with Gasteiger partial charge in [-0.05, 0) is 38.1 Å². The van der Waals surface area contributed by atoms with E-state index in [0.29, 0.717) is 19.1 Å². The number of aliphatic imine (C=N–C) groups is 1. The number of carbonyl (C=O) groups excluding carboxylic acids is 2. The zero-order valence-corrected chi connectivity index (χ0v) is 20.5. The largest absolute Gasteiger partial charge is 0.355 e. The molecule has 2 N–H and O–H groups in total. The lowest BCUT2D eigenvalue weighted by molar-refractivity contribution is -0.140. The van der Waals surface area contributed by atoms with Crippen LogP contribution in [0.1, 0.15) is 38.5 Å². The van der Waals surface area contributed by atoms with Gasteiger partial charge in [-0.2, -0.15) is 0 Å². The molecule has 0 radical (unpaired) electrons. The van der Waals surface area contributed by atoms with Crippen LogP contribution in [0.5, 0.6) is 0 Å². The Morgan fingerprint density at radius 1 is 1.07 bits per heavy atom. The lowest BCUT2D eigenvalue weighted by Crippen LogP contribution is -2.46. The fourth-order valence-corrected chi connectivity index (χ4v) is 5.75. The molecule has 7 nitrogen and oxygen atoms in total. The van der Waals surface area contributed by atoms with Gasteiger partial charge in [0.25, 0.3) is 0 Å². The first-order chi connectivity index (χ1) is 14.1. The number of nitrogens with one attached hydrogen (secondary N) is 2. The molecule has 0 aromatic heterocycles. The third kappa shape index (κ3) is 4.69. The van der Waals surface area contributed by atoms with Crippen molar-refractivity contribution in [3.8, 4) is 0 Å². The Balaban J connectivity index is 0.00000256. The quantitative estimate of drug-likeness (QED) is 0.173. The second kappa shape index (κ2) is 10.4. The molecule has 168 valence electrons. The number of guanidine groups is 1. The highest BCUT2D eigenvalue weighted by molar-refractivity contribution is 14.0. The first kappa shape index (κ1) is 23.5. The van der Waals surface area contributed by atoms with Crippen molar-refractivity contribution in [2.45, 2.75) is 44.6 Å². The minimum atomic E-state index is -0.106. The van der Waals surface area contributed by atoms with E-state index in [2.05, 4.69) is 39.7 Å². The SMILES string of the molecule is CN=C(NCCN1C(=O)C2C3C=CC(C3)C2C1=O)NCCN(C)C1CCCCC1.I. The summed E-state index contributed by atoms with van der Waals surface area (Å²) in [6.07, 6.45) is 11.9. The van der Waals surface area contributed by atoms with Crippen LogP contribution in [0.15, 0.2) is 17.1 Å². The number of allylic oxidation sites excluding steroid dienone is 2. The van der Waals surface area contributed by atoms with Crippen molar-refractivity contribution in [2.75, 3.05) is 40.3 Å². The minimum Gasteiger partial charge on any atom is -0.355 e. The van der Waals surface area contributed by atoms with Crippen molar-refractivity contribution in [3.63, 3.8) is 0 Å². The van der Waals surface area contributed by atoms with Gasteiger partial charge in [0.2, 0.25) is 11.8 Å². The van der Waals surface area contributed by atoms with Gasteiger partial charge >= 0.3 is 0 Å². The monoisotopic (exact) mass is 529 g/mol. The van der Waals surface area contributed by atoms with Crippen LogP contribution >= 0.6 is 24.0 Å². The van der Waals surface area contributed by atoms with E-state index < -0.39 is 0 Å². The summed E-state index contributed by atoms with van der Waals surface area (Å²) in [7, 11) is 3.96. The van der Waals surface area contributed by atoms with Crippen molar-refractivity contribution in [1.82, 2.24) is 20.4 Å². The molecule has 2 bridgehead atoms. The van der Waals surface area contributed by atoms with E-state index in [-0.39, 0.29) is 59.5 Å². The number of hydrogen-bond acceptors (Lipinski definition) is 4. The van der Waals surface area contributed by atoms with Gasteiger partial charge in [-0.1, -0.05) is 31.4 Å². The Kier molecular flexibility index (Phi) is 8.17. The van der Waals surface area contributed by atoms with Crippen LogP contribution in [0.25, 0.3) is 0 Å². The number of fused-ring (bicyclic) bond motifs is 5. The van der Waals surface area contributed by atoms with E-state index in [0.717, 1.165) is 25.5 Å². The molecule has 0 aromatic carbocycles. The van der Waals surface area contributed by atoms with Gasteiger partial charge in [-0.3, -0.25) is 19.5 Å². The summed E-state index contributed by atoms with van der Waals surface area (Å²) in [5.74, 6) is 1.11. The molecule has 0 spiro atoms. The number of rotatable bonds is 7. The summed E-state index contributed by atoms with van der Waals surface area (Å²) >= 11 is 0. The molecule has 2 saturated carbocycles. The normalized spacial score (nSPS) is 30.8. The van der Waals surface area contributed by atoms with Gasteiger partial charge in [0.05, 0.1) is 11.8 Å². The molecular formula is C22H36IN5O2. The Bertz CT molecular complexity index is 661. The number of amides is 2. The van der Waals surface area contributed by atoms with E-state index in [1.54, 1.807) is 7.05 Å². The molecule has 4 rings (SSSR count). The maximum absolute atomic E-state index is 12.7. The summed E-state index contributed by atoms with van der Waals surface area (Å²) in [6, 6.07) is 0.706. The standard InChI is InChI=1S/C22H35N5O2.HI/c1-23-22(24-10-12-26(2)17-6-4-3-5-7-17)25-11-13-27-20(28)18-15-8-9-16(14-15)19(18)21(27)29;/h8-9,15-19H,3-7,10-14H2,1-2H3,(H2,23,24,25);1H. The number of halogens is 1. The van der Waals surface area contributed by atoms with Crippen molar-refractivity contribution in [1.29, 1.82) is 0 Å². The van der Waals surface area contributed by atoms with Crippen LogP contribution in [-0.2, 0) is 9.59 Å². The van der Waals surface area contributed by atoms with E-state index in [1.165, 1.54) is 37.0 Å². The van der Waals surface area contributed by atoms with Crippen LogP contribution in [0.4, 0.5) is 0 Å². The Morgan fingerprint density at radius 2 is 1.67 bits per heavy atom. The summed E-state index contributed by atoms with van der Waals surface area (Å²) in [5, 5.41) is 6.60. The van der Waals surface area contributed by atoms with Crippen molar-refractivity contribution in [3.05, 3.63) is 12.2 Å². The third-order valence-electron chi connectivity index (χ3n) is 7.37. The molecule has 2 amide bonds. The number of likely N-dealkylation sites (N-methyl/N-ethyl adjacent to an activating group) is 1. The van der Waals surface area contributed by atoms with Gasteiger partial charge in [0, 0.05) is 39.3 Å². The molecular weight excluding hydrogens is 493 g/mol. The van der Waals surface area contributed by atoms with E-state index >= 15 is 0 Å². The number of nitrogens with zero attached hydrogens (tertiary/aromatic N) is 3. The number of imide groups is 1. The second-order valence-corrected chi connectivity index (χ2v) is 9.03. The van der Waals surface area contributed by atoms with Crippen molar-refractivity contribution in [2.24, 2.45) is 28.7 Å². The Morgan fingerprint density at radius 3 is 2.27 bits per heavy atom. The number of carbonyl (C=O) groups is 2. The molecule has 3 fully saturated rings. The van der Waals surface area contributed by atoms with Gasteiger partial charge in [-0.15, -0.1) is 24.0 Å². The fourth-order valence-electron chi connectivity index (χ4n) is 5.75. The molecule has 3 aliphatic carbocycles. The van der Waals surface area contributed by atoms with E-state index in [4.69, 9.17) is 0 Å².